The third kappa shape index (κ3) is 3.11. The van der Waals surface area contributed by atoms with Crippen LogP contribution < -0.4 is 0 Å². The van der Waals surface area contributed by atoms with Crippen LogP contribution in [0.2, 0.25) is 0 Å². The molecule has 0 bridgehead atoms. The van der Waals surface area contributed by atoms with Gasteiger partial charge in [-0.3, -0.25) is 4.90 Å². The Morgan fingerprint density at radius 3 is 2.41 bits per heavy atom. The molecule has 0 radical (unpaired) electrons. The highest BCUT2D eigenvalue weighted by Crippen LogP contribution is 2.37. The molecule has 0 aromatic heterocycles. The molecule has 0 N–H and O–H groups in total. The summed E-state index contributed by atoms with van der Waals surface area (Å²) in [5.74, 6) is 0. The Hall–Kier alpha value is -1.25. The molecule has 17 heavy (non-hydrogen) atoms. The second-order valence-electron chi connectivity index (χ2n) is 4.65. The third-order valence-electron chi connectivity index (χ3n) is 3.59. The van der Waals surface area contributed by atoms with Crippen molar-refractivity contribution in [3.05, 3.63) is 25.3 Å². The van der Waals surface area contributed by atoms with Crippen LogP contribution in [-0.2, 0) is 4.74 Å². The van der Waals surface area contributed by atoms with E-state index in [4.69, 9.17) is 4.74 Å². The van der Waals surface area contributed by atoms with Crippen LogP contribution in [-0.4, -0.2) is 30.2 Å². The molecule has 1 fully saturated rings. The van der Waals surface area contributed by atoms with Crippen molar-refractivity contribution in [1.29, 1.82) is 0 Å². The van der Waals surface area contributed by atoms with Gasteiger partial charge in [-0.15, -0.1) is 13.2 Å². The van der Waals surface area contributed by atoms with E-state index in [2.05, 4.69) is 13.2 Å². The normalized spacial score (nSPS) is 18.2. The summed E-state index contributed by atoms with van der Waals surface area (Å²) >= 11 is 0. The number of ether oxygens (including phenoxy) is 1. The summed E-state index contributed by atoms with van der Waals surface area (Å²) in [5.41, 5.74) is -0.110. The van der Waals surface area contributed by atoms with E-state index in [1.54, 1.807) is 6.08 Å². The molecule has 0 heterocycles. The van der Waals surface area contributed by atoms with E-state index < -0.39 is 0 Å². The number of hydrogen-bond acceptors (Lipinski definition) is 2. The molecule has 1 amide bonds. The van der Waals surface area contributed by atoms with Crippen molar-refractivity contribution in [2.45, 2.75) is 44.1 Å². The average molecular weight is 237 g/mol. The Bertz CT molecular complexity index is 280. The minimum atomic E-state index is -0.256. The van der Waals surface area contributed by atoms with Gasteiger partial charge >= 0.3 is 6.09 Å². The molecule has 0 aromatic rings. The first-order valence-corrected chi connectivity index (χ1v) is 6.27. The summed E-state index contributed by atoms with van der Waals surface area (Å²) in [7, 11) is 1.43. The lowest BCUT2D eigenvalue weighted by molar-refractivity contribution is 0.0480. The number of rotatable bonds is 5. The number of carbonyl (C=O) groups is 1. The maximum absolute atomic E-state index is 11.9. The van der Waals surface area contributed by atoms with Crippen molar-refractivity contribution in [3.8, 4) is 0 Å². The molecule has 0 spiro atoms. The fourth-order valence-electron chi connectivity index (χ4n) is 2.76. The van der Waals surface area contributed by atoms with E-state index in [-0.39, 0.29) is 11.6 Å². The zero-order valence-electron chi connectivity index (χ0n) is 10.8. The van der Waals surface area contributed by atoms with E-state index in [0.29, 0.717) is 6.54 Å². The minimum Gasteiger partial charge on any atom is -0.453 e. The van der Waals surface area contributed by atoms with Gasteiger partial charge in [0.05, 0.1) is 12.6 Å². The van der Waals surface area contributed by atoms with Gasteiger partial charge in [0.25, 0.3) is 0 Å². The van der Waals surface area contributed by atoms with Crippen LogP contribution in [0.4, 0.5) is 4.79 Å². The fourth-order valence-corrected chi connectivity index (χ4v) is 2.76. The maximum Gasteiger partial charge on any atom is 0.410 e. The van der Waals surface area contributed by atoms with Crippen molar-refractivity contribution < 1.29 is 9.53 Å². The molecular formula is C14H23NO2. The Labute approximate surface area is 104 Å². The summed E-state index contributed by atoms with van der Waals surface area (Å²) < 4.78 is 4.89. The molecule has 1 saturated carbocycles. The van der Waals surface area contributed by atoms with Gasteiger partial charge in [-0.2, -0.15) is 0 Å². The number of hydrogen-bond donors (Lipinski definition) is 0. The van der Waals surface area contributed by atoms with Crippen molar-refractivity contribution in [2.24, 2.45) is 0 Å². The van der Waals surface area contributed by atoms with Crippen molar-refractivity contribution in [1.82, 2.24) is 4.90 Å². The number of methoxy groups -OCH3 is 1. The predicted octanol–water partition coefficient (Wildman–Crippen LogP) is 3.52. The molecule has 3 nitrogen and oxygen atoms in total. The van der Waals surface area contributed by atoms with Gasteiger partial charge in [-0.05, 0) is 19.3 Å². The maximum atomic E-state index is 11.9. The predicted molar refractivity (Wildman–Crippen MR) is 69.9 cm³/mol. The lowest BCUT2D eigenvalue weighted by atomic mass is 9.78. The molecule has 0 saturated heterocycles. The topological polar surface area (TPSA) is 29.5 Å². The summed E-state index contributed by atoms with van der Waals surface area (Å²) in [4.78, 5) is 13.7. The first kappa shape index (κ1) is 13.8. The van der Waals surface area contributed by atoms with Crippen molar-refractivity contribution in [2.75, 3.05) is 13.7 Å². The Kier molecular flexibility index (Phi) is 5.26. The van der Waals surface area contributed by atoms with Crippen LogP contribution in [0.3, 0.4) is 0 Å². The Morgan fingerprint density at radius 1 is 1.29 bits per heavy atom. The largest absolute Gasteiger partial charge is 0.453 e. The second kappa shape index (κ2) is 6.48. The fraction of sp³-hybridized carbons (Fsp3) is 0.643. The van der Waals surface area contributed by atoms with Crippen LogP contribution in [0.1, 0.15) is 38.5 Å². The van der Waals surface area contributed by atoms with Gasteiger partial charge in [0, 0.05) is 6.54 Å². The van der Waals surface area contributed by atoms with E-state index in [0.717, 1.165) is 19.3 Å². The third-order valence-corrected chi connectivity index (χ3v) is 3.59. The lowest BCUT2D eigenvalue weighted by Gasteiger charge is -2.45. The molecular weight excluding hydrogens is 214 g/mol. The van der Waals surface area contributed by atoms with Crippen LogP contribution in [0.5, 0.6) is 0 Å². The summed E-state index contributed by atoms with van der Waals surface area (Å²) in [6, 6.07) is 0. The molecule has 0 unspecified atom stereocenters. The first-order valence-electron chi connectivity index (χ1n) is 6.27. The van der Waals surface area contributed by atoms with Gasteiger partial charge in [0.1, 0.15) is 0 Å². The summed E-state index contributed by atoms with van der Waals surface area (Å²) in [6.45, 7) is 8.09. The van der Waals surface area contributed by atoms with Gasteiger partial charge in [-0.25, -0.2) is 4.79 Å². The van der Waals surface area contributed by atoms with Crippen LogP contribution in [0.15, 0.2) is 25.3 Å². The number of nitrogens with zero attached hydrogens (tertiary/aromatic N) is 1. The zero-order chi connectivity index (χ0) is 12.7. The molecule has 1 aliphatic rings. The SMILES string of the molecule is C=CCN(C(=O)OC)C1(CC=C)CCCCC1. The second-order valence-corrected chi connectivity index (χ2v) is 4.65. The molecule has 0 aromatic carbocycles. The molecule has 1 rings (SSSR count). The smallest absolute Gasteiger partial charge is 0.410 e. The van der Waals surface area contributed by atoms with E-state index >= 15 is 0 Å². The Morgan fingerprint density at radius 2 is 1.94 bits per heavy atom. The van der Waals surface area contributed by atoms with E-state index in [9.17, 15) is 4.79 Å². The molecule has 0 aliphatic heterocycles. The van der Waals surface area contributed by atoms with E-state index in [1.165, 1.54) is 26.4 Å². The summed E-state index contributed by atoms with van der Waals surface area (Å²) in [5, 5.41) is 0. The highest BCUT2D eigenvalue weighted by Gasteiger charge is 2.39. The van der Waals surface area contributed by atoms with Crippen molar-refractivity contribution >= 4 is 6.09 Å². The molecule has 96 valence electrons. The van der Waals surface area contributed by atoms with Gasteiger partial charge in [-0.1, -0.05) is 31.4 Å². The highest BCUT2D eigenvalue weighted by molar-refractivity contribution is 5.69. The first-order chi connectivity index (χ1) is 8.20. The lowest BCUT2D eigenvalue weighted by Crippen LogP contribution is -2.52. The molecule has 1 aliphatic carbocycles. The van der Waals surface area contributed by atoms with Crippen molar-refractivity contribution in [3.63, 3.8) is 0 Å². The zero-order valence-corrected chi connectivity index (χ0v) is 10.8. The molecule has 3 heteroatoms. The quantitative estimate of drug-likeness (QED) is 0.685. The van der Waals surface area contributed by atoms with Gasteiger partial charge < -0.3 is 4.74 Å². The van der Waals surface area contributed by atoms with Crippen LogP contribution >= 0.6 is 0 Å². The van der Waals surface area contributed by atoms with Gasteiger partial charge in [0.2, 0.25) is 0 Å². The minimum absolute atomic E-state index is 0.110. The highest BCUT2D eigenvalue weighted by atomic mass is 16.5. The van der Waals surface area contributed by atoms with E-state index in [1.807, 2.05) is 11.0 Å². The summed E-state index contributed by atoms with van der Waals surface area (Å²) in [6.07, 6.45) is 9.88. The van der Waals surface area contributed by atoms with Gasteiger partial charge in [0.15, 0.2) is 0 Å². The molecule has 0 atom stereocenters. The number of amides is 1. The Balaban J connectivity index is 2.93. The average Bonchev–Trinajstić information content (AvgIpc) is 2.36. The van der Waals surface area contributed by atoms with Crippen LogP contribution in [0.25, 0.3) is 0 Å². The number of carbonyl (C=O) groups excluding carboxylic acids is 1. The monoisotopic (exact) mass is 237 g/mol. The standard InChI is InChI=1S/C14H23NO2/c1-4-9-14(10-7-6-8-11-14)15(12-5-2)13(16)17-3/h4-5H,1-2,6-12H2,3H3. The van der Waals surface area contributed by atoms with Crippen LogP contribution in [0, 0.1) is 0 Å².